The first kappa shape index (κ1) is 18.9. The van der Waals surface area contributed by atoms with Gasteiger partial charge >= 0.3 is 5.97 Å². The Balaban J connectivity index is 1.52. The van der Waals surface area contributed by atoms with Gasteiger partial charge in [0, 0.05) is 5.39 Å². The maximum absolute atomic E-state index is 12.8. The molecule has 0 radical (unpaired) electrons. The van der Waals surface area contributed by atoms with Gasteiger partial charge < -0.3 is 10.1 Å². The van der Waals surface area contributed by atoms with E-state index in [1.807, 2.05) is 44.2 Å². The predicted octanol–water partition coefficient (Wildman–Crippen LogP) is 3.91. The van der Waals surface area contributed by atoms with Crippen molar-refractivity contribution in [3.8, 4) is 0 Å². The lowest BCUT2D eigenvalue weighted by Crippen LogP contribution is -2.22. The number of anilines is 1. The number of para-hydroxylation sites is 1. The number of esters is 1. The maximum atomic E-state index is 12.8. The average molecular weight is 406 g/mol. The molecule has 0 spiro atoms. The minimum Gasteiger partial charge on any atom is -0.452 e. The number of rotatable bonds is 5. The summed E-state index contributed by atoms with van der Waals surface area (Å²) in [5.74, 6) is -0.996. The van der Waals surface area contributed by atoms with Crippen LogP contribution in [0.15, 0.2) is 42.5 Å². The molecule has 2 heterocycles. The van der Waals surface area contributed by atoms with E-state index in [1.54, 1.807) is 12.1 Å². The predicted molar refractivity (Wildman–Crippen MR) is 112 cm³/mol. The van der Waals surface area contributed by atoms with E-state index < -0.39 is 18.5 Å². The fourth-order valence-electron chi connectivity index (χ4n) is 3.26. The van der Waals surface area contributed by atoms with Crippen LogP contribution >= 0.6 is 11.7 Å². The van der Waals surface area contributed by atoms with Crippen LogP contribution in [-0.4, -0.2) is 32.2 Å². The first-order valence-electron chi connectivity index (χ1n) is 9.15. The first-order valence-corrected chi connectivity index (χ1v) is 9.88. The standard InChI is InChI=1S/C21H18N4O3S/c1-3-14-19(12(2)13-7-4-5-8-15(13)22-14)21(27)28-11-18(26)23-16-9-6-10-17-20(16)25-29-24-17/h4-10H,3,11H2,1-2H3,(H,23,26). The lowest BCUT2D eigenvalue weighted by atomic mass is 10.0. The fourth-order valence-corrected chi connectivity index (χ4v) is 3.81. The maximum Gasteiger partial charge on any atom is 0.340 e. The van der Waals surface area contributed by atoms with Gasteiger partial charge in [0.15, 0.2) is 6.61 Å². The van der Waals surface area contributed by atoms with Crippen LogP contribution in [0.3, 0.4) is 0 Å². The van der Waals surface area contributed by atoms with E-state index >= 15 is 0 Å². The van der Waals surface area contributed by atoms with Crippen LogP contribution in [0.4, 0.5) is 5.69 Å². The number of fused-ring (bicyclic) bond motifs is 2. The van der Waals surface area contributed by atoms with Gasteiger partial charge in [0.2, 0.25) is 0 Å². The zero-order valence-electron chi connectivity index (χ0n) is 15.9. The molecule has 0 aliphatic heterocycles. The van der Waals surface area contributed by atoms with Crippen molar-refractivity contribution in [2.75, 3.05) is 11.9 Å². The zero-order valence-corrected chi connectivity index (χ0v) is 16.7. The molecule has 4 aromatic rings. The molecule has 0 fully saturated rings. The van der Waals surface area contributed by atoms with Crippen LogP contribution in [-0.2, 0) is 16.0 Å². The third-order valence-electron chi connectivity index (χ3n) is 4.66. The number of benzene rings is 2. The number of pyridine rings is 1. The van der Waals surface area contributed by atoms with E-state index in [2.05, 4.69) is 19.0 Å². The molecule has 8 heteroatoms. The SMILES string of the molecule is CCc1nc2ccccc2c(C)c1C(=O)OCC(=O)Nc1cccc2nsnc12. The minimum absolute atomic E-state index is 0.401. The molecule has 7 nitrogen and oxygen atoms in total. The molecule has 2 aromatic heterocycles. The molecular weight excluding hydrogens is 388 g/mol. The molecule has 0 aliphatic rings. The molecule has 1 amide bonds. The molecule has 4 rings (SSSR count). The molecule has 0 atom stereocenters. The van der Waals surface area contributed by atoms with Crippen LogP contribution < -0.4 is 5.32 Å². The number of aryl methyl sites for hydroxylation is 2. The normalized spacial score (nSPS) is 11.0. The van der Waals surface area contributed by atoms with Crippen LogP contribution in [0, 0.1) is 6.92 Å². The number of amides is 1. The smallest absolute Gasteiger partial charge is 0.340 e. The Kier molecular flexibility index (Phi) is 5.18. The van der Waals surface area contributed by atoms with Gasteiger partial charge in [-0.2, -0.15) is 8.75 Å². The summed E-state index contributed by atoms with van der Waals surface area (Å²) in [4.78, 5) is 29.7. The number of carbonyl (C=O) groups is 2. The molecule has 0 saturated heterocycles. The van der Waals surface area contributed by atoms with Crippen molar-refractivity contribution in [3.63, 3.8) is 0 Å². The van der Waals surface area contributed by atoms with Gasteiger partial charge in [-0.1, -0.05) is 31.2 Å². The Labute approximate surface area is 171 Å². The van der Waals surface area contributed by atoms with Gasteiger partial charge in [0.05, 0.1) is 34.2 Å². The van der Waals surface area contributed by atoms with Gasteiger partial charge in [0.1, 0.15) is 11.0 Å². The second-order valence-corrected chi connectivity index (χ2v) is 7.02. The van der Waals surface area contributed by atoms with E-state index in [1.165, 1.54) is 0 Å². The highest BCUT2D eigenvalue weighted by atomic mass is 32.1. The summed E-state index contributed by atoms with van der Waals surface area (Å²) in [5.41, 5.74) is 4.57. The molecule has 0 unspecified atom stereocenters. The van der Waals surface area contributed by atoms with Gasteiger partial charge in [0.25, 0.3) is 5.91 Å². The summed E-state index contributed by atoms with van der Waals surface area (Å²) in [6.45, 7) is 3.40. The summed E-state index contributed by atoms with van der Waals surface area (Å²) < 4.78 is 13.6. The zero-order chi connectivity index (χ0) is 20.4. The highest BCUT2D eigenvalue weighted by Crippen LogP contribution is 2.24. The highest BCUT2D eigenvalue weighted by Gasteiger charge is 2.20. The molecule has 1 N–H and O–H groups in total. The lowest BCUT2D eigenvalue weighted by Gasteiger charge is -2.13. The monoisotopic (exact) mass is 406 g/mol. The quantitative estimate of drug-likeness (QED) is 0.505. The average Bonchev–Trinajstić information content (AvgIpc) is 3.22. The van der Waals surface area contributed by atoms with Crippen molar-refractivity contribution in [2.24, 2.45) is 0 Å². The lowest BCUT2D eigenvalue weighted by molar-refractivity contribution is -0.119. The van der Waals surface area contributed by atoms with Gasteiger partial charge in [-0.3, -0.25) is 9.78 Å². The molecule has 2 aromatic carbocycles. The van der Waals surface area contributed by atoms with Gasteiger partial charge in [-0.25, -0.2) is 4.79 Å². The Morgan fingerprint density at radius 3 is 2.69 bits per heavy atom. The van der Waals surface area contributed by atoms with Crippen molar-refractivity contribution in [2.45, 2.75) is 20.3 Å². The second-order valence-electron chi connectivity index (χ2n) is 6.49. The number of nitrogens with zero attached hydrogens (tertiary/aromatic N) is 3. The number of hydrogen-bond donors (Lipinski definition) is 1. The third-order valence-corrected chi connectivity index (χ3v) is 5.20. The Morgan fingerprint density at radius 2 is 1.86 bits per heavy atom. The third kappa shape index (κ3) is 3.66. The molecule has 0 saturated carbocycles. The van der Waals surface area contributed by atoms with Crippen molar-refractivity contribution in [1.29, 1.82) is 0 Å². The van der Waals surface area contributed by atoms with Crippen LogP contribution in [0.2, 0.25) is 0 Å². The van der Waals surface area contributed by atoms with Gasteiger partial charge in [-0.05, 0) is 37.1 Å². The van der Waals surface area contributed by atoms with E-state index in [0.717, 1.165) is 28.2 Å². The van der Waals surface area contributed by atoms with Crippen molar-refractivity contribution in [1.82, 2.24) is 13.7 Å². The first-order chi connectivity index (χ1) is 14.1. The number of ether oxygens (including phenoxy) is 1. The van der Waals surface area contributed by atoms with E-state index in [4.69, 9.17) is 4.74 Å². The topological polar surface area (TPSA) is 94.1 Å². The minimum atomic E-state index is -0.554. The van der Waals surface area contributed by atoms with Crippen LogP contribution in [0.5, 0.6) is 0 Å². The largest absolute Gasteiger partial charge is 0.452 e. The van der Waals surface area contributed by atoms with Gasteiger partial charge in [-0.15, -0.1) is 0 Å². The van der Waals surface area contributed by atoms with Crippen molar-refractivity contribution < 1.29 is 14.3 Å². The Morgan fingerprint density at radius 1 is 1.07 bits per heavy atom. The van der Waals surface area contributed by atoms with E-state index in [0.29, 0.717) is 34.4 Å². The number of aromatic nitrogens is 3. The number of hydrogen-bond acceptors (Lipinski definition) is 7. The molecule has 146 valence electrons. The van der Waals surface area contributed by atoms with Crippen LogP contribution in [0.25, 0.3) is 21.9 Å². The Bertz CT molecular complexity index is 1240. The van der Waals surface area contributed by atoms with Crippen LogP contribution in [0.1, 0.15) is 28.5 Å². The van der Waals surface area contributed by atoms with E-state index in [9.17, 15) is 9.59 Å². The summed E-state index contributed by atoms with van der Waals surface area (Å²) >= 11 is 1.07. The number of nitrogens with one attached hydrogen (secondary N) is 1. The van der Waals surface area contributed by atoms with Crippen molar-refractivity contribution in [3.05, 3.63) is 59.3 Å². The number of carbonyl (C=O) groups excluding carboxylic acids is 2. The second kappa shape index (κ2) is 7.92. The fraction of sp³-hybridized carbons (Fsp3) is 0.190. The molecule has 0 aliphatic carbocycles. The molecule has 29 heavy (non-hydrogen) atoms. The summed E-state index contributed by atoms with van der Waals surface area (Å²) in [6.07, 6.45) is 0.584. The summed E-state index contributed by atoms with van der Waals surface area (Å²) in [7, 11) is 0. The molecule has 0 bridgehead atoms. The van der Waals surface area contributed by atoms with Crippen molar-refractivity contribution >= 4 is 51.2 Å². The van der Waals surface area contributed by atoms with E-state index in [-0.39, 0.29) is 0 Å². The summed E-state index contributed by atoms with van der Waals surface area (Å²) in [6, 6.07) is 13.0. The Hall–Kier alpha value is -3.39. The molecular formula is C21H18N4O3S. The highest BCUT2D eigenvalue weighted by molar-refractivity contribution is 7.00. The summed E-state index contributed by atoms with van der Waals surface area (Å²) in [5, 5.41) is 3.62.